The maximum absolute atomic E-state index is 12.5. The van der Waals surface area contributed by atoms with Crippen LogP contribution in [0.4, 0.5) is 19.0 Å². The fourth-order valence-electron chi connectivity index (χ4n) is 2.94. The molecule has 3 rings (SSSR count). The van der Waals surface area contributed by atoms with Crippen molar-refractivity contribution in [3.05, 3.63) is 70.0 Å². The lowest BCUT2D eigenvalue weighted by Gasteiger charge is -2.10. The van der Waals surface area contributed by atoms with Crippen molar-refractivity contribution in [3.63, 3.8) is 0 Å². The predicted molar refractivity (Wildman–Crippen MR) is 112 cm³/mol. The number of anilines is 1. The summed E-state index contributed by atoms with van der Waals surface area (Å²) in [6.45, 7) is 2.25. The van der Waals surface area contributed by atoms with E-state index in [1.807, 2.05) is 0 Å². The molecule has 3 N–H and O–H groups in total. The molecule has 8 nitrogen and oxygen atoms in total. The molecule has 0 spiro atoms. The molecule has 32 heavy (non-hydrogen) atoms. The predicted octanol–water partition coefficient (Wildman–Crippen LogP) is 2.72. The molecule has 0 saturated heterocycles. The molecule has 1 amide bonds. The Bertz CT molecular complexity index is 1120. The molecule has 0 bridgehead atoms. The number of nitrogens with zero attached hydrogens (tertiary/aromatic N) is 3. The molecular formula is C21H21F3N6O2. The first-order valence-corrected chi connectivity index (χ1v) is 9.78. The van der Waals surface area contributed by atoms with Gasteiger partial charge in [-0.3, -0.25) is 14.6 Å². The van der Waals surface area contributed by atoms with Crippen LogP contribution in [0.25, 0.3) is 11.4 Å². The highest BCUT2D eigenvalue weighted by Gasteiger charge is 2.30. The Labute approximate surface area is 181 Å². The number of hydrogen-bond donors (Lipinski definition) is 3. The first-order chi connectivity index (χ1) is 15.2. The number of hydrogen-bond acceptors (Lipinski definition) is 6. The SMILES string of the molecule is Cc1nc(-c2ccncc2)[nH]c(=O)c1CCC(=O)NCCNc1ccc(C(F)(F)F)cn1. The Morgan fingerprint density at radius 1 is 1.12 bits per heavy atom. The van der Waals surface area contributed by atoms with Crippen LogP contribution in [0, 0.1) is 6.92 Å². The number of aromatic nitrogens is 4. The van der Waals surface area contributed by atoms with Gasteiger partial charge in [0.1, 0.15) is 11.6 Å². The molecule has 0 radical (unpaired) electrons. The largest absolute Gasteiger partial charge is 0.417 e. The van der Waals surface area contributed by atoms with Gasteiger partial charge in [0.2, 0.25) is 5.91 Å². The van der Waals surface area contributed by atoms with Gasteiger partial charge in [-0.15, -0.1) is 0 Å². The van der Waals surface area contributed by atoms with Crippen LogP contribution in [0.3, 0.4) is 0 Å². The fourth-order valence-corrected chi connectivity index (χ4v) is 2.94. The van der Waals surface area contributed by atoms with Crippen LogP contribution in [0.15, 0.2) is 47.7 Å². The number of carbonyl (C=O) groups excluding carboxylic acids is 1. The second-order valence-corrected chi connectivity index (χ2v) is 6.92. The van der Waals surface area contributed by atoms with E-state index in [-0.39, 0.29) is 43.2 Å². The second-order valence-electron chi connectivity index (χ2n) is 6.92. The number of halogens is 3. The van der Waals surface area contributed by atoms with Crippen molar-refractivity contribution in [2.45, 2.75) is 25.9 Å². The van der Waals surface area contributed by atoms with Crippen molar-refractivity contribution in [2.75, 3.05) is 18.4 Å². The van der Waals surface area contributed by atoms with E-state index in [2.05, 4.69) is 30.6 Å². The Morgan fingerprint density at radius 3 is 2.50 bits per heavy atom. The monoisotopic (exact) mass is 446 g/mol. The van der Waals surface area contributed by atoms with Crippen LogP contribution < -0.4 is 16.2 Å². The zero-order valence-corrected chi connectivity index (χ0v) is 17.2. The van der Waals surface area contributed by atoms with Crippen molar-refractivity contribution < 1.29 is 18.0 Å². The molecule has 3 heterocycles. The molecule has 0 aromatic carbocycles. The van der Waals surface area contributed by atoms with Gasteiger partial charge in [-0.2, -0.15) is 13.2 Å². The Morgan fingerprint density at radius 2 is 1.88 bits per heavy atom. The first kappa shape index (κ1) is 22.9. The number of alkyl halides is 3. The van der Waals surface area contributed by atoms with Gasteiger partial charge in [0, 0.05) is 54.9 Å². The second kappa shape index (κ2) is 10.0. The molecule has 0 unspecified atom stereocenters. The quantitative estimate of drug-likeness (QED) is 0.459. The maximum atomic E-state index is 12.5. The van der Waals surface area contributed by atoms with Crippen molar-refractivity contribution in [1.29, 1.82) is 0 Å². The lowest BCUT2D eigenvalue weighted by atomic mass is 10.1. The fraction of sp³-hybridized carbons (Fsp3) is 0.286. The van der Waals surface area contributed by atoms with E-state index in [4.69, 9.17) is 0 Å². The van der Waals surface area contributed by atoms with Gasteiger partial charge >= 0.3 is 6.18 Å². The maximum Gasteiger partial charge on any atom is 0.417 e. The summed E-state index contributed by atoms with van der Waals surface area (Å²) in [5.41, 5.74) is 0.588. The number of amides is 1. The van der Waals surface area contributed by atoms with E-state index in [0.717, 1.165) is 17.8 Å². The summed E-state index contributed by atoms with van der Waals surface area (Å²) in [5.74, 6) is 0.449. The lowest BCUT2D eigenvalue weighted by Crippen LogP contribution is -2.29. The van der Waals surface area contributed by atoms with E-state index in [9.17, 15) is 22.8 Å². The minimum atomic E-state index is -4.44. The molecule has 0 saturated carbocycles. The molecule has 11 heteroatoms. The van der Waals surface area contributed by atoms with E-state index in [1.54, 1.807) is 31.5 Å². The van der Waals surface area contributed by atoms with Crippen LogP contribution in [0.5, 0.6) is 0 Å². The van der Waals surface area contributed by atoms with Crippen LogP contribution in [-0.4, -0.2) is 38.9 Å². The molecule has 3 aromatic heterocycles. The molecule has 168 valence electrons. The molecule has 0 aliphatic rings. The Balaban J connectivity index is 1.45. The zero-order valence-electron chi connectivity index (χ0n) is 17.2. The molecule has 0 atom stereocenters. The van der Waals surface area contributed by atoms with Crippen LogP contribution in [0.2, 0.25) is 0 Å². The average molecular weight is 446 g/mol. The molecule has 3 aromatic rings. The van der Waals surface area contributed by atoms with E-state index in [0.29, 0.717) is 17.1 Å². The smallest absolute Gasteiger partial charge is 0.368 e. The molecule has 0 aliphatic heterocycles. The number of rotatable bonds is 8. The van der Waals surface area contributed by atoms with Crippen molar-refractivity contribution in [1.82, 2.24) is 25.3 Å². The van der Waals surface area contributed by atoms with Gasteiger partial charge in [0.05, 0.1) is 5.56 Å². The van der Waals surface area contributed by atoms with Gasteiger partial charge in [0.15, 0.2) is 0 Å². The third kappa shape index (κ3) is 6.13. The number of aryl methyl sites for hydroxylation is 1. The highest BCUT2D eigenvalue weighted by Crippen LogP contribution is 2.28. The van der Waals surface area contributed by atoms with Gasteiger partial charge in [0.25, 0.3) is 5.56 Å². The Kier molecular flexibility index (Phi) is 7.18. The molecule has 0 fully saturated rings. The summed E-state index contributed by atoms with van der Waals surface area (Å²) in [6, 6.07) is 5.63. The Hall–Kier alpha value is -3.76. The highest BCUT2D eigenvalue weighted by atomic mass is 19.4. The first-order valence-electron chi connectivity index (χ1n) is 9.78. The molecular weight excluding hydrogens is 425 g/mol. The lowest BCUT2D eigenvalue weighted by molar-refractivity contribution is -0.137. The molecule has 0 aliphatic carbocycles. The average Bonchev–Trinajstić information content (AvgIpc) is 2.76. The van der Waals surface area contributed by atoms with Crippen molar-refractivity contribution in [3.8, 4) is 11.4 Å². The normalized spacial score (nSPS) is 11.2. The number of pyridine rings is 2. The third-order valence-corrected chi connectivity index (χ3v) is 4.62. The van der Waals surface area contributed by atoms with Gasteiger partial charge < -0.3 is 15.6 Å². The van der Waals surface area contributed by atoms with Crippen LogP contribution in [-0.2, 0) is 17.4 Å². The number of nitrogens with one attached hydrogen (secondary N) is 3. The van der Waals surface area contributed by atoms with Crippen LogP contribution in [0.1, 0.15) is 23.2 Å². The van der Waals surface area contributed by atoms with Crippen molar-refractivity contribution >= 4 is 11.7 Å². The summed E-state index contributed by atoms with van der Waals surface area (Å²) in [5, 5.41) is 5.52. The summed E-state index contributed by atoms with van der Waals surface area (Å²) in [7, 11) is 0. The summed E-state index contributed by atoms with van der Waals surface area (Å²) in [6.07, 6.45) is -0.163. The summed E-state index contributed by atoms with van der Waals surface area (Å²) < 4.78 is 37.6. The standard InChI is InChI=1S/C21H21F3N6O2/c1-13-16(20(32)30-19(29-13)14-6-8-25-9-7-14)3-5-18(31)27-11-10-26-17-4-2-15(12-28-17)21(22,23)24/h2,4,6-9,12H,3,5,10-11H2,1H3,(H,26,28)(H,27,31)(H,29,30,32). The van der Waals surface area contributed by atoms with E-state index < -0.39 is 11.7 Å². The number of aromatic amines is 1. The number of H-pyrrole nitrogens is 1. The number of carbonyl (C=O) groups is 1. The van der Waals surface area contributed by atoms with Crippen molar-refractivity contribution in [2.24, 2.45) is 0 Å². The minimum Gasteiger partial charge on any atom is -0.368 e. The third-order valence-electron chi connectivity index (χ3n) is 4.62. The zero-order chi connectivity index (χ0) is 23.1. The van der Waals surface area contributed by atoms with E-state index in [1.165, 1.54) is 6.07 Å². The van der Waals surface area contributed by atoms with Gasteiger partial charge in [-0.05, 0) is 37.6 Å². The topological polar surface area (TPSA) is 113 Å². The highest BCUT2D eigenvalue weighted by molar-refractivity contribution is 5.76. The van der Waals surface area contributed by atoms with E-state index >= 15 is 0 Å². The summed E-state index contributed by atoms with van der Waals surface area (Å²) >= 11 is 0. The minimum absolute atomic E-state index is 0.0960. The van der Waals surface area contributed by atoms with Gasteiger partial charge in [-0.25, -0.2) is 9.97 Å². The van der Waals surface area contributed by atoms with Crippen LogP contribution >= 0.6 is 0 Å². The van der Waals surface area contributed by atoms with Gasteiger partial charge in [-0.1, -0.05) is 0 Å². The summed E-state index contributed by atoms with van der Waals surface area (Å²) in [4.78, 5) is 39.3.